The number of hydrogen-bond acceptors (Lipinski definition) is 1. The SMILES string of the molecule is NC(=O)c1cccc(-c2ccccc2)c1C(F)(F)F. The van der Waals surface area contributed by atoms with Gasteiger partial charge in [0.25, 0.3) is 0 Å². The number of nitrogens with two attached hydrogens (primary N) is 1. The van der Waals surface area contributed by atoms with Gasteiger partial charge in [0.05, 0.1) is 11.1 Å². The van der Waals surface area contributed by atoms with Gasteiger partial charge in [0, 0.05) is 0 Å². The van der Waals surface area contributed by atoms with Crippen molar-refractivity contribution in [3.8, 4) is 11.1 Å². The molecule has 0 atom stereocenters. The molecule has 0 radical (unpaired) electrons. The van der Waals surface area contributed by atoms with E-state index in [4.69, 9.17) is 5.73 Å². The molecule has 2 N–H and O–H groups in total. The van der Waals surface area contributed by atoms with Crippen LogP contribution in [0.15, 0.2) is 48.5 Å². The van der Waals surface area contributed by atoms with Crippen LogP contribution in [0.5, 0.6) is 0 Å². The molecule has 0 unspecified atom stereocenters. The number of benzene rings is 2. The van der Waals surface area contributed by atoms with E-state index in [0.29, 0.717) is 5.56 Å². The highest BCUT2D eigenvalue weighted by atomic mass is 19.4. The molecule has 2 aromatic carbocycles. The van der Waals surface area contributed by atoms with E-state index in [1.165, 1.54) is 12.1 Å². The summed E-state index contributed by atoms with van der Waals surface area (Å²) in [7, 11) is 0. The Morgan fingerprint density at radius 2 is 1.58 bits per heavy atom. The third-order valence-corrected chi connectivity index (χ3v) is 2.70. The average Bonchev–Trinajstić information content (AvgIpc) is 2.38. The summed E-state index contributed by atoms with van der Waals surface area (Å²) in [6.45, 7) is 0. The van der Waals surface area contributed by atoms with Crippen LogP contribution in [-0.4, -0.2) is 5.91 Å². The third kappa shape index (κ3) is 2.59. The second-order valence-electron chi connectivity index (χ2n) is 3.96. The smallest absolute Gasteiger partial charge is 0.366 e. The Morgan fingerprint density at radius 1 is 0.947 bits per heavy atom. The third-order valence-electron chi connectivity index (χ3n) is 2.70. The van der Waals surface area contributed by atoms with Gasteiger partial charge in [-0.1, -0.05) is 42.5 Å². The lowest BCUT2D eigenvalue weighted by Crippen LogP contribution is -2.19. The molecule has 0 aliphatic carbocycles. The zero-order chi connectivity index (χ0) is 14.0. The van der Waals surface area contributed by atoms with Gasteiger partial charge < -0.3 is 5.73 Å². The summed E-state index contributed by atoms with van der Waals surface area (Å²) in [4.78, 5) is 11.2. The fourth-order valence-electron chi connectivity index (χ4n) is 1.92. The highest BCUT2D eigenvalue weighted by Crippen LogP contribution is 2.39. The molecule has 0 aliphatic rings. The average molecular weight is 265 g/mol. The van der Waals surface area contributed by atoms with Crippen LogP contribution in [0, 0.1) is 0 Å². The minimum Gasteiger partial charge on any atom is -0.366 e. The molecule has 0 aromatic heterocycles. The first-order valence-electron chi connectivity index (χ1n) is 5.46. The molecule has 0 spiro atoms. The molecule has 2 rings (SSSR count). The van der Waals surface area contributed by atoms with Crippen molar-refractivity contribution in [2.75, 3.05) is 0 Å². The van der Waals surface area contributed by atoms with Crippen molar-refractivity contribution >= 4 is 5.91 Å². The van der Waals surface area contributed by atoms with Crippen molar-refractivity contribution in [2.24, 2.45) is 5.73 Å². The quantitative estimate of drug-likeness (QED) is 0.887. The zero-order valence-corrected chi connectivity index (χ0v) is 9.74. The first-order chi connectivity index (χ1) is 8.91. The van der Waals surface area contributed by atoms with Gasteiger partial charge in [-0.15, -0.1) is 0 Å². The van der Waals surface area contributed by atoms with Gasteiger partial charge in [-0.2, -0.15) is 13.2 Å². The zero-order valence-electron chi connectivity index (χ0n) is 9.74. The van der Waals surface area contributed by atoms with Crippen molar-refractivity contribution in [3.05, 3.63) is 59.7 Å². The van der Waals surface area contributed by atoms with E-state index in [-0.39, 0.29) is 5.56 Å². The van der Waals surface area contributed by atoms with E-state index in [2.05, 4.69) is 0 Å². The Labute approximate surface area is 107 Å². The maximum Gasteiger partial charge on any atom is 0.417 e. The highest BCUT2D eigenvalue weighted by molar-refractivity contribution is 5.96. The minimum atomic E-state index is -4.64. The molecule has 0 saturated heterocycles. The number of carbonyl (C=O) groups excluding carboxylic acids is 1. The molecule has 0 bridgehead atoms. The predicted molar refractivity (Wildman–Crippen MR) is 65.4 cm³/mol. The molecule has 2 aromatic rings. The van der Waals surface area contributed by atoms with Gasteiger partial charge in [-0.3, -0.25) is 4.79 Å². The van der Waals surface area contributed by atoms with E-state index in [9.17, 15) is 18.0 Å². The summed E-state index contributed by atoms with van der Waals surface area (Å²) in [5, 5.41) is 0. The topological polar surface area (TPSA) is 43.1 Å². The molecular formula is C14H10F3NO. The van der Waals surface area contributed by atoms with Gasteiger partial charge in [0.15, 0.2) is 0 Å². The van der Waals surface area contributed by atoms with E-state index in [1.807, 2.05) is 0 Å². The second-order valence-corrected chi connectivity index (χ2v) is 3.96. The van der Waals surface area contributed by atoms with Crippen LogP contribution < -0.4 is 5.73 Å². The van der Waals surface area contributed by atoms with Gasteiger partial charge in [0.2, 0.25) is 5.91 Å². The number of rotatable bonds is 2. The molecule has 0 aliphatic heterocycles. The van der Waals surface area contributed by atoms with E-state index < -0.39 is 23.2 Å². The predicted octanol–water partition coefficient (Wildman–Crippen LogP) is 3.47. The van der Waals surface area contributed by atoms with Gasteiger partial charge in [-0.25, -0.2) is 0 Å². The first kappa shape index (κ1) is 13.1. The Morgan fingerprint density at radius 3 is 2.11 bits per heavy atom. The standard InChI is InChI=1S/C14H10F3NO/c15-14(16,17)12-10(9-5-2-1-3-6-9)7-4-8-11(12)13(18)19/h1-8H,(H2,18,19). The molecular weight excluding hydrogens is 255 g/mol. The highest BCUT2D eigenvalue weighted by Gasteiger charge is 2.37. The van der Waals surface area contributed by atoms with Gasteiger partial charge in [0.1, 0.15) is 0 Å². The maximum atomic E-state index is 13.1. The minimum absolute atomic E-state index is 0.0515. The number of halogens is 3. The van der Waals surface area contributed by atoms with Crippen LogP contribution >= 0.6 is 0 Å². The lowest BCUT2D eigenvalue weighted by Gasteiger charge is -2.16. The van der Waals surface area contributed by atoms with Crippen molar-refractivity contribution in [3.63, 3.8) is 0 Å². The van der Waals surface area contributed by atoms with Crippen LogP contribution in [0.2, 0.25) is 0 Å². The fraction of sp³-hybridized carbons (Fsp3) is 0.0714. The summed E-state index contributed by atoms with van der Waals surface area (Å²) in [6.07, 6.45) is -4.64. The van der Waals surface area contributed by atoms with Crippen LogP contribution in [0.1, 0.15) is 15.9 Å². The van der Waals surface area contributed by atoms with E-state index in [0.717, 1.165) is 6.07 Å². The van der Waals surface area contributed by atoms with E-state index >= 15 is 0 Å². The summed E-state index contributed by atoms with van der Waals surface area (Å²) < 4.78 is 39.4. The van der Waals surface area contributed by atoms with Crippen LogP contribution in [-0.2, 0) is 6.18 Å². The summed E-state index contributed by atoms with van der Waals surface area (Å²) >= 11 is 0. The maximum absolute atomic E-state index is 13.1. The molecule has 0 fully saturated rings. The molecule has 0 saturated carbocycles. The number of alkyl halides is 3. The largest absolute Gasteiger partial charge is 0.417 e. The molecule has 2 nitrogen and oxygen atoms in total. The number of amides is 1. The first-order valence-corrected chi connectivity index (χ1v) is 5.46. The van der Waals surface area contributed by atoms with Crippen LogP contribution in [0.25, 0.3) is 11.1 Å². The fourth-order valence-corrected chi connectivity index (χ4v) is 1.92. The number of carbonyl (C=O) groups is 1. The van der Waals surface area contributed by atoms with Crippen molar-refractivity contribution in [1.29, 1.82) is 0 Å². The van der Waals surface area contributed by atoms with E-state index in [1.54, 1.807) is 30.3 Å². The summed E-state index contributed by atoms with van der Waals surface area (Å²) in [6, 6.07) is 11.9. The molecule has 0 heterocycles. The second kappa shape index (κ2) is 4.76. The Hall–Kier alpha value is -2.30. The van der Waals surface area contributed by atoms with Crippen LogP contribution in [0.4, 0.5) is 13.2 Å². The lowest BCUT2D eigenvalue weighted by atomic mass is 9.94. The Kier molecular flexibility index (Phi) is 3.29. The molecule has 98 valence electrons. The Balaban J connectivity index is 2.75. The van der Waals surface area contributed by atoms with Gasteiger partial charge >= 0.3 is 6.18 Å². The van der Waals surface area contributed by atoms with Crippen molar-refractivity contribution < 1.29 is 18.0 Å². The van der Waals surface area contributed by atoms with Gasteiger partial charge in [-0.05, 0) is 17.2 Å². The monoisotopic (exact) mass is 265 g/mol. The molecule has 1 amide bonds. The lowest BCUT2D eigenvalue weighted by molar-refractivity contribution is -0.137. The van der Waals surface area contributed by atoms with Crippen molar-refractivity contribution in [1.82, 2.24) is 0 Å². The normalized spacial score (nSPS) is 11.3. The summed E-state index contributed by atoms with van der Waals surface area (Å²) in [5.41, 5.74) is 3.84. The number of hydrogen-bond donors (Lipinski definition) is 1. The van der Waals surface area contributed by atoms with Crippen LogP contribution in [0.3, 0.4) is 0 Å². The van der Waals surface area contributed by atoms with Crippen molar-refractivity contribution in [2.45, 2.75) is 6.18 Å². The molecule has 19 heavy (non-hydrogen) atoms. The Bertz CT molecular complexity index is 606. The number of primary amides is 1. The molecule has 5 heteroatoms. The summed E-state index contributed by atoms with van der Waals surface area (Å²) in [5.74, 6) is -1.09.